The van der Waals surface area contributed by atoms with Crippen molar-refractivity contribution in [2.75, 3.05) is 6.61 Å². The predicted octanol–water partition coefficient (Wildman–Crippen LogP) is -0.368. The number of esters is 1. The third-order valence-electron chi connectivity index (χ3n) is 3.73. The van der Waals surface area contributed by atoms with E-state index in [0.29, 0.717) is 12.8 Å². The van der Waals surface area contributed by atoms with Crippen LogP contribution in [-0.4, -0.2) is 36.9 Å². The Morgan fingerprint density at radius 2 is 2.27 bits per heavy atom. The molecule has 1 N–H and O–H groups in total. The fourth-order valence-corrected chi connectivity index (χ4v) is 2.53. The number of H-pyrrole nitrogens is 1. The summed E-state index contributed by atoms with van der Waals surface area (Å²) >= 11 is 0. The van der Waals surface area contributed by atoms with Gasteiger partial charge in [0.05, 0.1) is 18.6 Å². The number of carbonyl (C=O) groups excluding carboxylic acids is 1. The zero-order valence-electron chi connectivity index (χ0n) is 11.9. The highest BCUT2D eigenvalue weighted by Crippen LogP contribution is 2.37. The summed E-state index contributed by atoms with van der Waals surface area (Å²) < 4.78 is 7.23. The van der Waals surface area contributed by atoms with Crippen molar-refractivity contribution in [3.8, 4) is 5.95 Å². The molecule has 0 unspecified atom stereocenters. The molecule has 1 fully saturated rings. The van der Waals surface area contributed by atoms with Gasteiger partial charge in [0.25, 0.3) is 0 Å². The molecule has 0 aromatic carbocycles. The lowest BCUT2D eigenvalue weighted by atomic mass is 9.79. The predicted molar refractivity (Wildman–Crippen MR) is 74.6 cm³/mol. The van der Waals surface area contributed by atoms with Gasteiger partial charge >= 0.3 is 17.3 Å². The Morgan fingerprint density at radius 1 is 1.45 bits per heavy atom. The number of ether oxygens (including phenoxy) is 1. The van der Waals surface area contributed by atoms with Crippen LogP contribution in [0.2, 0.25) is 0 Å². The maximum Gasteiger partial charge on any atom is 0.355 e. The Balaban J connectivity index is 1.94. The Hall–Kier alpha value is -2.71. The Labute approximate surface area is 124 Å². The van der Waals surface area contributed by atoms with Gasteiger partial charge in [-0.25, -0.2) is 18.8 Å². The minimum absolute atomic E-state index is 0.0447. The van der Waals surface area contributed by atoms with Gasteiger partial charge in [-0.15, -0.1) is 0 Å². The highest BCUT2D eigenvalue weighted by molar-refractivity contribution is 5.74. The minimum atomic E-state index is -0.701. The van der Waals surface area contributed by atoms with E-state index in [-0.39, 0.29) is 18.5 Å². The summed E-state index contributed by atoms with van der Waals surface area (Å²) in [7, 11) is 0. The molecule has 0 bridgehead atoms. The maximum absolute atomic E-state index is 12.2. The van der Waals surface area contributed by atoms with Crippen molar-refractivity contribution in [1.29, 1.82) is 0 Å². The summed E-state index contributed by atoms with van der Waals surface area (Å²) in [5.74, 6) is -0.819. The number of rotatable bonds is 4. The molecular weight excluding hydrogens is 290 g/mol. The lowest BCUT2D eigenvalue weighted by Crippen LogP contribution is -2.48. The Bertz CT molecular complexity index is 760. The van der Waals surface area contributed by atoms with E-state index in [2.05, 4.69) is 15.1 Å². The molecule has 0 spiro atoms. The van der Waals surface area contributed by atoms with Gasteiger partial charge in [0.2, 0.25) is 5.95 Å². The zero-order chi connectivity index (χ0) is 15.7. The first-order valence-corrected chi connectivity index (χ1v) is 7.01. The number of aromatic nitrogens is 5. The van der Waals surface area contributed by atoms with Crippen LogP contribution >= 0.6 is 0 Å². The second-order valence-corrected chi connectivity index (χ2v) is 4.97. The summed E-state index contributed by atoms with van der Waals surface area (Å²) in [5, 5.41) is 3.91. The van der Waals surface area contributed by atoms with Crippen LogP contribution in [0, 0.1) is 5.92 Å². The second kappa shape index (κ2) is 5.58. The Kier molecular flexibility index (Phi) is 3.61. The molecule has 1 aliphatic rings. The van der Waals surface area contributed by atoms with Gasteiger partial charge in [0.1, 0.15) is 0 Å². The van der Waals surface area contributed by atoms with Gasteiger partial charge in [0, 0.05) is 12.4 Å². The van der Waals surface area contributed by atoms with Crippen molar-refractivity contribution in [3.63, 3.8) is 0 Å². The van der Waals surface area contributed by atoms with Crippen molar-refractivity contribution in [1.82, 2.24) is 24.3 Å². The fourth-order valence-electron chi connectivity index (χ4n) is 2.53. The van der Waals surface area contributed by atoms with Crippen LogP contribution in [0.1, 0.15) is 25.8 Å². The van der Waals surface area contributed by atoms with E-state index < -0.39 is 23.3 Å². The first kappa shape index (κ1) is 14.2. The number of hydrogen-bond acceptors (Lipinski definition) is 6. The summed E-state index contributed by atoms with van der Waals surface area (Å²) in [5.41, 5.74) is -1.31. The van der Waals surface area contributed by atoms with Crippen LogP contribution in [0.25, 0.3) is 5.95 Å². The first-order chi connectivity index (χ1) is 10.6. The molecule has 2 aromatic rings. The highest BCUT2D eigenvalue weighted by Gasteiger charge is 2.40. The number of aromatic amines is 1. The average Bonchev–Trinajstić information content (AvgIpc) is 2.95. The number of nitrogens with zero attached hydrogens (tertiary/aromatic N) is 4. The molecule has 116 valence electrons. The standard InChI is InChI=1S/C13H15N5O4/c1-2-22-10(19)8-4-5-9(8)18-12(20)15-11(16-13(18)21)17-7-3-6-14-17/h3,6-9H,2,4-5H2,1H3,(H,15,16,20,21)/t8-,9-/m0/s1. The van der Waals surface area contributed by atoms with E-state index in [0.717, 1.165) is 4.57 Å². The number of carbonyl (C=O) groups is 1. The molecule has 9 nitrogen and oxygen atoms in total. The fraction of sp³-hybridized carbons (Fsp3) is 0.462. The molecule has 0 amide bonds. The van der Waals surface area contributed by atoms with E-state index in [4.69, 9.17) is 4.74 Å². The van der Waals surface area contributed by atoms with Gasteiger partial charge in [-0.3, -0.25) is 9.78 Å². The van der Waals surface area contributed by atoms with Crippen LogP contribution in [0.4, 0.5) is 0 Å². The molecule has 2 aromatic heterocycles. The van der Waals surface area contributed by atoms with E-state index >= 15 is 0 Å². The minimum Gasteiger partial charge on any atom is -0.466 e. The molecular formula is C13H15N5O4. The molecule has 0 saturated heterocycles. The molecule has 0 radical (unpaired) electrons. The van der Waals surface area contributed by atoms with Crippen molar-refractivity contribution in [2.24, 2.45) is 5.92 Å². The summed E-state index contributed by atoms with van der Waals surface area (Å²) in [4.78, 5) is 42.5. The molecule has 1 saturated carbocycles. The van der Waals surface area contributed by atoms with Crippen LogP contribution in [0.5, 0.6) is 0 Å². The molecule has 22 heavy (non-hydrogen) atoms. The quantitative estimate of drug-likeness (QED) is 0.771. The SMILES string of the molecule is CCOC(=O)[C@H]1CC[C@@H]1n1c(=O)nc(-n2cccn2)[nH]c1=O. The summed E-state index contributed by atoms with van der Waals surface area (Å²) in [6.07, 6.45) is 4.23. The van der Waals surface area contributed by atoms with Gasteiger partial charge in [0.15, 0.2) is 0 Å². The van der Waals surface area contributed by atoms with E-state index in [1.54, 1.807) is 19.2 Å². The van der Waals surface area contributed by atoms with Crippen LogP contribution in [-0.2, 0) is 9.53 Å². The molecule has 2 heterocycles. The van der Waals surface area contributed by atoms with Crippen LogP contribution in [0.15, 0.2) is 28.0 Å². The van der Waals surface area contributed by atoms with Crippen molar-refractivity contribution >= 4 is 5.97 Å². The van der Waals surface area contributed by atoms with Crippen molar-refractivity contribution in [3.05, 3.63) is 39.4 Å². The van der Waals surface area contributed by atoms with E-state index in [1.165, 1.54) is 10.9 Å². The van der Waals surface area contributed by atoms with Crippen molar-refractivity contribution < 1.29 is 9.53 Å². The Morgan fingerprint density at radius 3 is 2.82 bits per heavy atom. The normalized spacial score (nSPS) is 20.4. The van der Waals surface area contributed by atoms with Gasteiger partial charge < -0.3 is 4.74 Å². The highest BCUT2D eigenvalue weighted by atomic mass is 16.5. The first-order valence-electron chi connectivity index (χ1n) is 7.01. The second-order valence-electron chi connectivity index (χ2n) is 4.97. The van der Waals surface area contributed by atoms with Crippen LogP contribution in [0.3, 0.4) is 0 Å². The lowest BCUT2D eigenvalue weighted by molar-refractivity contribution is -0.153. The topological polar surface area (TPSA) is 112 Å². The van der Waals surface area contributed by atoms with Gasteiger partial charge in [-0.1, -0.05) is 0 Å². The maximum atomic E-state index is 12.2. The smallest absolute Gasteiger partial charge is 0.355 e. The van der Waals surface area contributed by atoms with Crippen molar-refractivity contribution in [2.45, 2.75) is 25.8 Å². The van der Waals surface area contributed by atoms with E-state index in [1.807, 2.05) is 0 Å². The number of nitrogens with one attached hydrogen (secondary N) is 1. The van der Waals surface area contributed by atoms with Crippen LogP contribution < -0.4 is 11.4 Å². The third kappa shape index (κ3) is 2.34. The average molecular weight is 305 g/mol. The third-order valence-corrected chi connectivity index (χ3v) is 3.73. The molecule has 2 atom stereocenters. The van der Waals surface area contributed by atoms with Gasteiger partial charge in [-0.2, -0.15) is 10.1 Å². The number of hydrogen-bond donors (Lipinski definition) is 1. The zero-order valence-corrected chi connectivity index (χ0v) is 11.9. The van der Waals surface area contributed by atoms with E-state index in [9.17, 15) is 14.4 Å². The lowest BCUT2D eigenvalue weighted by Gasteiger charge is -2.34. The molecule has 0 aliphatic heterocycles. The summed E-state index contributed by atoms with van der Waals surface area (Å²) in [6, 6.07) is 1.14. The molecule has 9 heteroatoms. The summed E-state index contributed by atoms with van der Waals surface area (Å²) in [6.45, 7) is 1.98. The largest absolute Gasteiger partial charge is 0.466 e. The monoisotopic (exact) mass is 305 g/mol. The molecule has 1 aliphatic carbocycles. The van der Waals surface area contributed by atoms with Gasteiger partial charge in [-0.05, 0) is 25.8 Å². The molecule has 3 rings (SSSR count).